The van der Waals surface area contributed by atoms with Gasteiger partial charge in [-0.15, -0.1) is 0 Å². The zero-order chi connectivity index (χ0) is 19.1. The monoisotopic (exact) mass is 373 g/mol. The van der Waals surface area contributed by atoms with Gasteiger partial charge in [0.15, 0.2) is 11.5 Å². The molecule has 4 aliphatic carbocycles. The average Bonchev–Trinajstić information content (AvgIpc) is 2.66. The predicted molar refractivity (Wildman–Crippen MR) is 100 cm³/mol. The maximum absolute atomic E-state index is 13.2. The topological polar surface area (TPSA) is 73.9 Å². The normalized spacial score (nSPS) is 30.7. The quantitative estimate of drug-likeness (QED) is 0.800. The number of amides is 1. The van der Waals surface area contributed by atoms with E-state index in [9.17, 15) is 9.59 Å². The molecule has 4 saturated carbocycles. The molecule has 1 aromatic rings. The van der Waals surface area contributed by atoms with Crippen LogP contribution in [-0.2, 0) is 9.53 Å². The molecule has 0 spiro atoms. The number of methoxy groups -OCH3 is 3. The number of anilines is 1. The average molecular weight is 373 g/mol. The summed E-state index contributed by atoms with van der Waals surface area (Å²) in [7, 11) is 4.35. The van der Waals surface area contributed by atoms with Crippen LogP contribution in [0.1, 0.15) is 42.5 Å². The molecule has 5 rings (SSSR count). The van der Waals surface area contributed by atoms with E-state index in [4.69, 9.17) is 14.2 Å². The van der Waals surface area contributed by atoms with Crippen molar-refractivity contribution in [3.63, 3.8) is 0 Å². The van der Waals surface area contributed by atoms with Crippen molar-refractivity contribution in [2.24, 2.45) is 29.6 Å². The Morgan fingerprint density at radius 1 is 0.889 bits per heavy atom. The Balaban J connectivity index is 1.61. The van der Waals surface area contributed by atoms with E-state index >= 15 is 0 Å². The summed E-state index contributed by atoms with van der Waals surface area (Å²) in [6.07, 6.45) is 6.02. The molecule has 1 aromatic carbocycles. The van der Waals surface area contributed by atoms with Crippen LogP contribution < -0.4 is 14.8 Å². The maximum atomic E-state index is 13.2. The van der Waals surface area contributed by atoms with E-state index in [1.807, 2.05) is 0 Å². The highest BCUT2D eigenvalue weighted by molar-refractivity contribution is 6.03. The van der Waals surface area contributed by atoms with Gasteiger partial charge in [-0.05, 0) is 55.8 Å². The fourth-order valence-electron chi connectivity index (χ4n) is 5.83. The van der Waals surface area contributed by atoms with Gasteiger partial charge in [-0.3, -0.25) is 4.79 Å². The van der Waals surface area contributed by atoms with Crippen LogP contribution in [0.5, 0.6) is 11.5 Å². The fraction of sp³-hybridized carbons (Fsp3) is 0.619. The first-order valence-corrected chi connectivity index (χ1v) is 9.69. The van der Waals surface area contributed by atoms with E-state index < -0.39 is 5.97 Å². The molecular weight excluding hydrogens is 346 g/mol. The van der Waals surface area contributed by atoms with E-state index in [2.05, 4.69) is 5.32 Å². The van der Waals surface area contributed by atoms with Gasteiger partial charge in [0.2, 0.25) is 5.91 Å². The van der Waals surface area contributed by atoms with Crippen molar-refractivity contribution in [2.45, 2.75) is 32.1 Å². The Kier molecular flexibility index (Phi) is 4.74. The van der Waals surface area contributed by atoms with Crippen molar-refractivity contribution in [1.82, 2.24) is 0 Å². The Bertz CT molecular complexity index is 731. The van der Waals surface area contributed by atoms with E-state index in [0.29, 0.717) is 29.0 Å². The first kappa shape index (κ1) is 18.1. The Morgan fingerprint density at radius 2 is 1.44 bits per heavy atom. The summed E-state index contributed by atoms with van der Waals surface area (Å²) in [5, 5.41) is 3.00. The summed E-state index contributed by atoms with van der Waals surface area (Å²) >= 11 is 0. The molecule has 4 fully saturated rings. The van der Waals surface area contributed by atoms with Crippen molar-refractivity contribution in [3.8, 4) is 11.5 Å². The Labute approximate surface area is 159 Å². The zero-order valence-corrected chi connectivity index (χ0v) is 16.1. The van der Waals surface area contributed by atoms with Gasteiger partial charge >= 0.3 is 5.97 Å². The number of esters is 1. The molecule has 0 aromatic heterocycles. The minimum atomic E-state index is -0.517. The molecule has 1 N–H and O–H groups in total. The molecule has 0 saturated heterocycles. The van der Waals surface area contributed by atoms with Crippen LogP contribution >= 0.6 is 0 Å². The van der Waals surface area contributed by atoms with Crippen LogP contribution in [0.3, 0.4) is 0 Å². The van der Waals surface area contributed by atoms with Gasteiger partial charge in [0.05, 0.1) is 32.6 Å². The minimum absolute atomic E-state index is 0.0150. The molecule has 6 nitrogen and oxygen atoms in total. The van der Waals surface area contributed by atoms with Gasteiger partial charge < -0.3 is 19.5 Å². The van der Waals surface area contributed by atoms with Crippen LogP contribution in [0.25, 0.3) is 0 Å². The van der Waals surface area contributed by atoms with Crippen molar-refractivity contribution >= 4 is 17.6 Å². The maximum Gasteiger partial charge on any atom is 0.340 e. The van der Waals surface area contributed by atoms with Gasteiger partial charge in [-0.2, -0.15) is 0 Å². The Hall–Kier alpha value is -2.24. The number of carbonyl (C=O) groups is 2. The minimum Gasteiger partial charge on any atom is -0.493 e. The predicted octanol–water partition coefficient (Wildman–Crippen LogP) is 3.50. The molecular formula is C21H27NO5. The third kappa shape index (κ3) is 3.15. The highest BCUT2D eigenvalue weighted by Crippen LogP contribution is 2.56. The van der Waals surface area contributed by atoms with Crippen molar-refractivity contribution < 1.29 is 23.8 Å². The molecule has 4 bridgehead atoms. The van der Waals surface area contributed by atoms with Crippen molar-refractivity contribution in [3.05, 3.63) is 17.7 Å². The SMILES string of the molecule is COC(=O)c1cc(OC)c(OC)cc1NC(=O)C1C2CC3CC(C2)CC1C3. The molecule has 146 valence electrons. The summed E-state index contributed by atoms with van der Waals surface area (Å²) in [6.45, 7) is 0. The number of benzene rings is 1. The van der Waals surface area contributed by atoms with Crippen LogP contribution in [0, 0.1) is 29.6 Å². The van der Waals surface area contributed by atoms with Gasteiger partial charge in [0.1, 0.15) is 0 Å². The van der Waals surface area contributed by atoms with Gasteiger partial charge in [-0.25, -0.2) is 4.79 Å². The molecule has 0 aliphatic heterocycles. The Morgan fingerprint density at radius 3 is 1.96 bits per heavy atom. The summed E-state index contributed by atoms with van der Waals surface area (Å²) in [4.78, 5) is 25.4. The van der Waals surface area contributed by atoms with Crippen LogP contribution in [-0.4, -0.2) is 33.2 Å². The van der Waals surface area contributed by atoms with Gasteiger partial charge in [-0.1, -0.05) is 0 Å². The van der Waals surface area contributed by atoms with Crippen LogP contribution in [0.2, 0.25) is 0 Å². The van der Waals surface area contributed by atoms with Crippen molar-refractivity contribution in [2.75, 3.05) is 26.6 Å². The summed E-state index contributed by atoms with van der Waals surface area (Å²) in [5.41, 5.74) is 0.686. The number of carbonyl (C=O) groups excluding carboxylic acids is 2. The lowest BCUT2D eigenvalue weighted by molar-refractivity contribution is -0.132. The fourth-order valence-corrected chi connectivity index (χ4v) is 5.83. The van der Waals surface area contributed by atoms with E-state index in [-0.39, 0.29) is 17.4 Å². The molecule has 0 heterocycles. The molecule has 1 amide bonds. The van der Waals surface area contributed by atoms with Gasteiger partial charge in [0, 0.05) is 18.1 Å². The zero-order valence-electron chi connectivity index (χ0n) is 16.1. The molecule has 0 atom stereocenters. The lowest BCUT2D eigenvalue weighted by Gasteiger charge is -2.53. The number of ether oxygens (including phenoxy) is 3. The summed E-state index contributed by atoms with van der Waals surface area (Å²) < 4.78 is 15.5. The second-order valence-electron chi connectivity index (χ2n) is 8.19. The second-order valence-corrected chi connectivity index (χ2v) is 8.19. The van der Waals surface area contributed by atoms with Crippen molar-refractivity contribution in [1.29, 1.82) is 0 Å². The lowest BCUT2D eigenvalue weighted by atomic mass is 9.51. The third-order valence-electron chi connectivity index (χ3n) is 6.72. The first-order chi connectivity index (χ1) is 13.0. The smallest absolute Gasteiger partial charge is 0.340 e. The summed E-state index contributed by atoms with van der Waals surface area (Å²) in [5.74, 6) is 2.99. The lowest BCUT2D eigenvalue weighted by Crippen LogP contribution is -2.49. The number of hydrogen-bond acceptors (Lipinski definition) is 5. The number of rotatable bonds is 5. The van der Waals surface area contributed by atoms with E-state index in [0.717, 1.165) is 11.8 Å². The van der Waals surface area contributed by atoms with E-state index in [1.165, 1.54) is 53.4 Å². The third-order valence-corrected chi connectivity index (χ3v) is 6.72. The highest BCUT2D eigenvalue weighted by atomic mass is 16.5. The molecule has 0 unspecified atom stereocenters. The van der Waals surface area contributed by atoms with Crippen LogP contribution in [0.4, 0.5) is 5.69 Å². The second kappa shape index (κ2) is 7.06. The molecule has 27 heavy (non-hydrogen) atoms. The number of hydrogen-bond donors (Lipinski definition) is 1. The molecule has 6 heteroatoms. The van der Waals surface area contributed by atoms with E-state index in [1.54, 1.807) is 12.1 Å². The summed E-state index contributed by atoms with van der Waals surface area (Å²) in [6, 6.07) is 3.19. The van der Waals surface area contributed by atoms with Gasteiger partial charge in [0.25, 0.3) is 0 Å². The molecule has 0 radical (unpaired) electrons. The van der Waals surface area contributed by atoms with Crippen LogP contribution in [0.15, 0.2) is 12.1 Å². The standard InChI is InChI=1S/C21H27NO5/c1-25-17-9-15(21(24)27-3)16(10-18(17)26-2)22-20(23)19-13-5-11-4-12(7-13)8-14(19)6-11/h9-14,19H,4-8H2,1-3H3,(H,22,23). The largest absolute Gasteiger partial charge is 0.493 e. The molecule has 4 aliphatic rings. The highest BCUT2D eigenvalue weighted by Gasteiger charge is 2.50. The first-order valence-electron chi connectivity index (χ1n) is 9.69. The number of nitrogens with one attached hydrogen (secondary N) is 1.